The van der Waals surface area contributed by atoms with Crippen molar-refractivity contribution in [3.05, 3.63) is 0 Å². The van der Waals surface area contributed by atoms with Crippen LogP contribution in [-0.2, 0) is 9.59 Å². The topological polar surface area (TPSA) is 75.4 Å². The van der Waals surface area contributed by atoms with Gasteiger partial charge in [-0.3, -0.25) is 9.59 Å². The fraction of sp³-hybridized carbons (Fsp3) is 0.846. The number of carbonyl (C=O) groups is 2. The Bertz CT molecular complexity index is 307. The molecule has 0 aliphatic carbocycles. The van der Waals surface area contributed by atoms with Crippen LogP contribution in [0.15, 0.2) is 0 Å². The van der Waals surface area contributed by atoms with Gasteiger partial charge in [0.2, 0.25) is 11.8 Å². The monoisotopic (exact) mass is 255 g/mol. The zero-order chi connectivity index (χ0) is 13.8. The van der Waals surface area contributed by atoms with Crippen molar-refractivity contribution < 1.29 is 9.59 Å². The Kier molecular flexibility index (Phi) is 5.14. The maximum absolute atomic E-state index is 12.2. The highest BCUT2D eigenvalue weighted by Crippen LogP contribution is 2.20. The molecule has 0 aromatic carbocycles. The summed E-state index contributed by atoms with van der Waals surface area (Å²) in [6, 6.07) is 0.211. The van der Waals surface area contributed by atoms with Crippen LogP contribution < -0.4 is 11.1 Å². The van der Waals surface area contributed by atoms with Gasteiger partial charge in [0.25, 0.3) is 0 Å². The molecule has 2 amide bonds. The van der Waals surface area contributed by atoms with E-state index in [4.69, 9.17) is 5.73 Å². The maximum atomic E-state index is 12.2. The molecule has 18 heavy (non-hydrogen) atoms. The molecular weight excluding hydrogens is 230 g/mol. The third kappa shape index (κ3) is 3.70. The van der Waals surface area contributed by atoms with Crippen molar-refractivity contribution in [2.24, 2.45) is 11.1 Å². The summed E-state index contributed by atoms with van der Waals surface area (Å²) >= 11 is 0. The molecule has 0 atom stereocenters. The largest absolute Gasteiger partial charge is 0.353 e. The van der Waals surface area contributed by atoms with Crippen molar-refractivity contribution >= 4 is 11.8 Å². The van der Waals surface area contributed by atoms with Crippen LogP contribution in [-0.4, -0.2) is 42.4 Å². The van der Waals surface area contributed by atoms with E-state index in [1.165, 1.54) is 0 Å². The first-order valence-corrected chi connectivity index (χ1v) is 6.69. The van der Waals surface area contributed by atoms with E-state index in [-0.39, 0.29) is 17.9 Å². The quantitative estimate of drug-likeness (QED) is 0.767. The summed E-state index contributed by atoms with van der Waals surface area (Å²) in [5, 5.41) is 2.98. The van der Waals surface area contributed by atoms with Gasteiger partial charge in [0.15, 0.2) is 0 Å². The molecule has 1 aliphatic heterocycles. The summed E-state index contributed by atoms with van der Waals surface area (Å²) in [5.41, 5.74) is 5.13. The number of nitrogens with one attached hydrogen (secondary N) is 1. The molecule has 1 fully saturated rings. The first-order valence-electron chi connectivity index (χ1n) is 6.69. The second-order valence-corrected chi connectivity index (χ2v) is 5.58. The molecule has 0 aromatic heterocycles. The van der Waals surface area contributed by atoms with E-state index in [1.807, 2.05) is 25.7 Å². The van der Waals surface area contributed by atoms with Crippen molar-refractivity contribution in [2.75, 3.05) is 19.6 Å². The smallest absolute Gasteiger partial charge is 0.229 e. The minimum absolute atomic E-state index is 0.0852. The molecule has 1 rings (SSSR count). The first-order chi connectivity index (χ1) is 8.40. The van der Waals surface area contributed by atoms with E-state index in [0.717, 1.165) is 12.8 Å². The Morgan fingerprint density at radius 3 is 2.33 bits per heavy atom. The minimum atomic E-state index is -0.487. The number of nitrogens with zero attached hydrogens (tertiary/aromatic N) is 1. The lowest BCUT2D eigenvalue weighted by Gasteiger charge is -2.36. The van der Waals surface area contributed by atoms with E-state index in [9.17, 15) is 9.59 Å². The first kappa shape index (κ1) is 15.0. The Labute approximate surface area is 109 Å². The third-order valence-electron chi connectivity index (χ3n) is 3.56. The van der Waals surface area contributed by atoms with E-state index in [0.29, 0.717) is 26.1 Å². The summed E-state index contributed by atoms with van der Waals surface area (Å²) in [6.07, 6.45) is 2.18. The molecule has 0 unspecified atom stereocenters. The molecule has 0 aromatic rings. The van der Waals surface area contributed by atoms with Crippen LogP contribution in [0.1, 0.15) is 40.0 Å². The lowest BCUT2D eigenvalue weighted by Crippen LogP contribution is -2.51. The predicted molar refractivity (Wildman–Crippen MR) is 70.9 cm³/mol. The second kappa shape index (κ2) is 6.18. The van der Waals surface area contributed by atoms with Crippen molar-refractivity contribution in [3.8, 4) is 0 Å². The van der Waals surface area contributed by atoms with Crippen LogP contribution in [0, 0.1) is 5.41 Å². The lowest BCUT2D eigenvalue weighted by atomic mass is 9.90. The van der Waals surface area contributed by atoms with Crippen LogP contribution in [0.5, 0.6) is 0 Å². The molecule has 104 valence electrons. The number of rotatable bonds is 4. The Hall–Kier alpha value is -1.10. The molecule has 5 heteroatoms. The summed E-state index contributed by atoms with van der Waals surface area (Å²) in [6.45, 7) is 7.37. The Balaban J connectivity index is 2.44. The predicted octanol–water partition coefficient (Wildman–Crippen LogP) is 0.489. The number of hydrogen-bond acceptors (Lipinski definition) is 3. The second-order valence-electron chi connectivity index (χ2n) is 5.58. The lowest BCUT2D eigenvalue weighted by molar-refractivity contribution is -0.141. The molecule has 5 nitrogen and oxygen atoms in total. The van der Waals surface area contributed by atoms with Gasteiger partial charge in [-0.1, -0.05) is 6.92 Å². The Morgan fingerprint density at radius 1 is 1.33 bits per heavy atom. The van der Waals surface area contributed by atoms with Crippen molar-refractivity contribution in [1.29, 1.82) is 0 Å². The van der Waals surface area contributed by atoms with Gasteiger partial charge in [0, 0.05) is 32.1 Å². The zero-order valence-electron chi connectivity index (χ0n) is 11.7. The molecule has 1 aliphatic rings. The molecule has 3 N–H and O–H groups in total. The van der Waals surface area contributed by atoms with E-state index in [1.54, 1.807) is 0 Å². The number of carbonyl (C=O) groups excluding carboxylic acids is 2. The van der Waals surface area contributed by atoms with Gasteiger partial charge in [0.1, 0.15) is 0 Å². The fourth-order valence-electron chi connectivity index (χ4n) is 2.07. The number of nitrogens with two attached hydrogens (primary N) is 1. The average Bonchev–Trinajstić information content (AvgIpc) is 2.38. The SMILES string of the molecule is CCC(=O)NC1CCN(C(=O)C(C)(C)CN)CC1. The normalized spacial score (nSPS) is 17.7. The molecule has 0 saturated carbocycles. The molecule has 1 heterocycles. The molecule has 0 spiro atoms. The zero-order valence-corrected chi connectivity index (χ0v) is 11.7. The van der Waals surface area contributed by atoms with Crippen molar-refractivity contribution in [2.45, 2.75) is 46.1 Å². The van der Waals surface area contributed by atoms with Crippen LogP contribution in [0.3, 0.4) is 0 Å². The maximum Gasteiger partial charge on any atom is 0.229 e. The van der Waals surface area contributed by atoms with Crippen LogP contribution in [0.4, 0.5) is 0 Å². The van der Waals surface area contributed by atoms with Gasteiger partial charge in [-0.2, -0.15) is 0 Å². The standard InChI is InChI=1S/C13H25N3O2/c1-4-11(17)15-10-5-7-16(8-6-10)12(18)13(2,3)9-14/h10H,4-9,14H2,1-3H3,(H,15,17). The van der Waals surface area contributed by atoms with Crippen molar-refractivity contribution in [1.82, 2.24) is 10.2 Å². The van der Waals surface area contributed by atoms with Gasteiger partial charge in [0.05, 0.1) is 5.41 Å². The van der Waals surface area contributed by atoms with Crippen LogP contribution >= 0.6 is 0 Å². The highest BCUT2D eigenvalue weighted by atomic mass is 16.2. The van der Waals surface area contributed by atoms with Crippen LogP contribution in [0.25, 0.3) is 0 Å². The highest BCUT2D eigenvalue weighted by molar-refractivity contribution is 5.82. The molecule has 0 bridgehead atoms. The number of amides is 2. The summed E-state index contributed by atoms with van der Waals surface area (Å²) < 4.78 is 0. The van der Waals surface area contributed by atoms with Crippen LogP contribution in [0.2, 0.25) is 0 Å². The number of piperidine rings is 1. The summed E-state index contributed by atoms with van der Waals surface area (Å²) in [7, 11) is 0. The summed E-state index contributed by atoms with van der Waals surface area (Å²) in [5.74, 6) is 0.201. The van der Waals surface area contributed by atoms with Gasteiger partial charge in [-0.25, -0.2) is 0 Å². The fourth-order valence-corrected chi connectivity index (χ4v) is 2.07. The van der Waals surface area contributed by atoms with E-state index >= 15 is 0 Å². The molecule has 0 radical (unpaired) electrons. The van der Waals surface area contributed by atoms with Gasteiger partial charge in [-0.15, -0.1) is 0 Å². The van der Waals surface area contributed by atoms with Gasteiger partial charge in [-0.05, 0) is 26.7 Å². The third-order valence-corrected chi connectivity index (χ3v) is 3.56. The highest BCUT2D eigenvalue weighted by Gasteiger charge is 2.32. The van der Waals surface area contributed by atoms with Gasteiger partial charge < -0.3 is 16.0 Å². The number of hydrogen-bond donors (Lipinski definition) is 2. The minimum Gasteiger partial charge on any atom is -0.353 e. The molecule has 1 saturated heterocycles. The van der Waals surface area contributed by atoms with Crippen molar-refractivity contribution in [3.63, 3.8) is 0 Å². The summed E-state index contributed by atoms with van der Waals surface area (Å²) in [4.78, 5) is 25.3. The Morgan fingerprint density at radius 2 is 1.89 bits per heavy atom. The number of likely N-dealkylation sites (tertiary alicyclic amines) is 1. The van der Waals surface area contributed by atoms with Gasteiger partial charge >= 0.3 is 0 Å². The van der Waals surface area contributed by atoms with E-state index < -0.39 is 5.41 Å². The average molecular weight is 255 g/mol. The molecular formula is C13H25N3O2. The van der Waals surface area contributed by atoms with E-state index in [2.05, 4.69) is 5.32 Å².